The van der Waals surface area contributed by atoms with Gasteiger partial charge in [0.25, 0.3) is 0 Å². The predicted molar refractivity (Wildman–Crippen MR) is 79.7 cm³/mol. The van der Waals surface area contributed by atoms with Gasteiger partial charge in [-0.05, 0) is 43.3 Å². The van der Waals surface area contributed by atoms with Crippen LogP contribution in [-0.4, -0.2) is 22.2 Å². The second kappa shape index (κ2) is 5.36. The summed E-state index contributed by atoms with van der Waals surface area (Å²) < 4.78 is 14.8. The number of carbonyl (C=O) groups excluding carboxylic acids is 1. The van der Waals surface area contributed by atoms with Crippen LogP contribution in [0.3, 0.4) is 0 Å². The number of imidazole rings is 1. The van der Waals surface area contributed by atoms with Crippen molar-refractivity contribution in [3.8, 4) is 0 Å². The molecule has 0 saturated carbocycles. The fraction of sp³-hybridized carbons (Fsp3) is 0.125. The fourth-order valence-corrected chi connectivity index (χ4v) is 2.39. The Morgan fingerprint density at radius 2 is 2.00 bits per heavy atom. The van der Waals surface area contributed by atoms with Crippen LogP contribution in [0.15, 0.2) is 48.7 Å². The number of anilines is 2. The number of hydrogen-bond donors (Lipinski definition) is 0. The third-order valence-corrected chi connectivity index (χ3v) is 3.37. The van der Waals surface area contributed by atoms with Gasteiger partial charge in [-0.2, -0.15) is 0 Å². The molecule has 106 valence electrons. The van der Waals surface area contributed by atoms with Crippen molar-refractivity contribution in [2.24, 2.45) is 0 Å². The number of halogens is 1. The molecular weight excluding hydrogens is 269 g/mol. The van der Waals surface area contributed by atoms with Gasteiger partial charge in [-0.1, -0.05) is 6.07 Å². The van der Waals surface area contributed by atoms with Crippen LogP contribution in [-0.2, 0) is 0 Å². The van der Waals surface area contributed by atoms with Gasteiger partial charge in [0, 0.05) is 18.4 Å². The minimum atomic E-state index is -0.291. The standard InChI is InChI=1S/C16H14FN3O/c1-2-19(13-8-6-12(17)7-9-13)16-14(11-21)20-10-4-3-5-15(20)18-16/h3-11H,2H2,1H3. The first-order chi connectivity index (χ1) is 10.2. The maximum absolute atomic E-state index is 13.1. The Kier molecular flexibility index (Phi) is 3.39. The third kappa shape index (κ3) is 2.27. The summed E-state index contributed by atoms with van der Waals surface area (Å²) in [6, 6.07) is 11.7. The van der Waals surface area contributed by atoms with E-state index in [0.29, 0.717) is 23.7 Å². The fourth-order valence-electron chi connectivity index (χ4n) is 2.39. The Labute approximate surface area is 121 Å². The van der Waals surface area contributed by atoms with Crippen LogP contribution < -0.4 is 4.90 Å². The molecule has 0 unspecified atom stereocenters. The summed E-state index contributed by atoms with van der Waals surface area (Å²) in [5, 5.41) is 0. The average Bonchev–Trinajstić information content (AvgIpc) is 2.88. The Balaban J connectivity index is 2.16. The average molecular weight is 283 g/mol. The summed E-state index contributed by atoms with van der Waals surface area (Å²) in [4.78, 5) is 17.9. The maximum atomic E-state index is 13.1. The largest absolute Gasteiger partial charge is 0.325 e. The summed E-state index contributed by atoms with van der Waals surface area (Å²) in [6.45, 7) is 2.58. The number of pyridine rings is 1. The first-order valence-electron chi connectivity index (χ1n) is 6.70. The Hall–Kier alpha value is -2.69. The number of benzene rings is 1. The number of hydrogen-bond acceptors (Lipinski definition) is 3. The minimum Gasteiger partial charge on any atom is -0.325 e. The molecule has 0 aliphatic rings. The molecule has 3 rings (SSSR count). The number of rotatable bonds is 4. The number of fused-ring (bicyclic) bond motifs is 1. The van der Waals surface area contributed by atoms with Gasteiger partial charge in [0.05, 0.1) is 0 Å². The summed E-state index contributed by atoms with van der Waals surface area (Å²) in [6.07, 6.45) is 2.59. The van der Waals surface area contributed by atoms with E-state index in [-0.39, 0.29) is 5.82 Å². The lowest BCUT2D eigenvalue weighted by Gasteiger charge is -2.21. The maximum Gasteiger partial charge on any atom is 0.170 e. The van der Waals surface area contributed by atoms with Crippen molar-refractivity contribution in [3.05, 3.63) is 60.2 Å². The molecule has 0 atom stereocenters. The highest BCUT2D eigenvalue weighted by atomic mass is 19.1. The lowest BCUT2D eigenvalue weighted by molar-refractivity contribution is 0.111. The Bertz CT molecular complexity index is 780. The van der Waals surface area contributed by atoms with Crippen LogP contribution in [0.5, 0.6) is 0 Å². The smallest absolute Gasteiger partial charge is 0.170 e. The molecular formula is C16H14FN3O. The SMILES string of the molecule is CCN(c1ccc(F)cc1)c1nc2ccccn2c1C=O. The number of aromatic nitrogens is 2. The van der Waals surface area contributed by atoms with Crippen molar-refractivity contribution in [3.63, 3.8) is 0 Å². The lowest BCUT2D eigenvalue weighted by Crippen LogP contribution is -2.18. The normalized spacial score (nSPS) is 10.8. The first-order valence-corrected chi connectivity index (χ1v) is 6.70. The van der Waals surface area contributed by atoms with Crippen molar-refractivity contribution in [2.45, 2.75) is 6.92 Å². The zero-order chi connectivity index (χ0) is 14.8. The first kappa shape index (κ1) is 13.3. The molecule has 2 aromatic heterocycles. The van der Waals surface area contributed by atoms with Gasteiger partial charge in [0.2, 0.25) is 0 Å². The molecule has 4 nitrogen and oxygen atoms in total. The van der Waals surface area contributed by atoms with Crippen molar-refractivity contribution in [1.82, 2.24) is 9.38 Å². The van der Waals surface area contributed by atoms with Gasteiger partial charge in [-0.15, -0.1) is 0 Å². The van der Waals surface area contributed by atoms with E-state index in [1.165, 1.54) is 12.1 Å². The van der Waals surface area contributed by atoms with Crippen LogP contribution >= 0.6 is 0 Å². The van der Waals surface area contributed by atoms with E-state index >= 15 is 0 Å². The van der Waals surface area contributed by atoms with E-state index in [9.17, 15) is 9.18 Å². The molecule has 0 aliphatic heterocycles. The highest BCUT2D eigenvalue weighted by molar-refractivity contribution is 5.85. The quantitative estimate of drug-likeness (QED) is 0.688. The molecule has 0 spiro atoms. The zero-order valence-corrected chi connectivity index (χ0v) is 11.5. The van der Waals surface area contributed by atoms with E-state index in [4.69, 9.17) is 0 Å². The Morgan fingerprint density at radius 1 is 1.24 bits per heavy atom. The van der Waals surface area contributed by atoms with E-state index in [0.717, 1.165) is 12.0 Å². The number of nitrogens with zero attached hydrogens (tertiary/aromatic N) is 3. The van der Waals surface area contributed by atoms with Crippen molar-refractivity contribution in [2.75, 3.05) is 11.4 Å². The summed E-state index contributed by atoms with van der Waals surface area (Å²) in [5.74, 6) is 0.283. The van der Waals surface area contributed by atoms with Gasteiger partial charge in [0.1, 0.15) is 17.2 Å². The molecule has 1 aromatic carbocycles. The molecule has 0 bridgehead atoms. The third-order valence-electron chi connectivity index (χ3n) is 3.37. The summed E-state index contributed by atoms with van der Waals surface area (Å²) in [7, 11) is 0. The zero-order valence-electron chi connectivity index (χ0n) is 11.5. The minimum absolute atomic E-state index is 0.291. The number of aldehydes is 1. The molecule has 2 heterocycles. The highest BCUT2D eigenvalue weighted by Crippen LogP contribution is 2.27. The monoisotopic (exact) mass is 283 g/mol. The molecule has 0 amide bonds. The molecule has 0 fully saturated rings. The van der Waals surface area contributed by atoms with E-state index in [1.807, 2.05) is 30.0 Å². The molecule has 0 radical (unpaired) electrons. The second-order valence-electron chi connectivity index (χ2n) is 4.59. The predicted octanol–water partition coefficient (Wildman–Crippen LogP) is 3.44. The van der Waals surface area contributed by atoms with Crippen molar-refractivity contribution >= 4 is 23.4 Å². The van der Waals surface area contributed by atoms with Crippen LogP contribution in [0.1, 0.15) is 17.4 Å². The van der Waals surface area contributed by atoms with Gasteiger partial charge in [-0.3, -0.25) is 9.20 Å². The van der Waals surface area contributed by atoms with Crippen molar-refractivity contribution in [1.29, 1.82) is 0 Å². The summed E-state index contributed by atoms with van der Waals surface area (Å²) >= 11 is 0. The van der Waals surface area contributed by atoms with E-state index < -0.39 is 0 Å². The van der Waals surface area contributed by atoms with Gasteiger partial charge in [-0.25, -0.2) is 9.37 Å². The molecule has 0 aliphatic carbocycles. The molecule has 21 heavy (non-hydrogen) atoms. The molecule has 0 N–H and O–H groups in total. The Morgan fingerprint density at radius 3 is 2.67 bits per heavy atom. The van der Waals surface area contributed by atoms with E-state index in [2.05, 4.69) is 4.98 Å². The lowest BCUT2D eigenvalue weighted by atomic mass is 10.2. The van der Waals surface area contributed by atoms with Crippen LogP contribution in [0.25, 0.3) is 5.65 Å². The van der Waals surface area contributed by atoms with E-state index in [1.54, 1.807) is 22.7 Å². The van der Waals surface area contributed by atoms with Crippen LogP contribution in [0, 0.1) is 5.82 Å². The van der Waals surface area contributed by atoms with Crippen molar-refractivity contribution < 1.29 is 9.18 Å². The van der Waals surface area contributed by atoms with Gasteiger partial charge >= 0.3 is 0 Å². The topological polar surface area (TPSA) is 37.6 Å². The summed E-state index contributed by atoms with van der Waals surface area (Å²) in [5.41, 5.74) is 1.98. The van der Waals surface area contributed by atoms with Gasteiger partial charge < -0.3 is 4.90 Å². The number of carbonyl (C=O) groups is 1. The van der Waals surface area contributed by atoms with Crippen LogP contribution in [0.4, 0.5) is 15.9 Å². The van der Waals surface area contributed by atoms with Gasteiger partial charge in [0.15, 0.2) is 12.1 Å². The van der Waals surface area contributed by atoms with Crippen LogP contribution in [0.2, 0.25) is 0 Å². The molecule has 5 heteroatoms. The second-order valence-corrected chi connectivity index (χ2v) is 4.59. The molecule has 3 aromatic rings. The highest BCUT2D eigenvalue weighted by Gasteiger charge is 2.18. The molecule has 0 saturated heterocycles.